The number of aliphatic carboxylic acids is 3. The van der Waals surface area contributed by atoms with Gasteiger partial charge >= 0.3 is 17.9 Å². The number of carboxylic acids is 3. The van der Waals surface area contributed by atoms with Crippen molar-refractivity contribution in [1.82, 2.24) is 89.1 Å². The van der Waals surface area contributed by atoms with Crippen molar-refractivity contribution in [2.45, 2.75) is 177 Å². The zero-order chi connectivity index (χ0) is 80.6. The van der Waals surface area contributed by atoms with Crippen molar-refractivity contribution in [3.63, 3.8) is 0 Å². The predicted molar refractivity (Wildman–Crippen MR) is 404 cm³/mol. The summed E-state index contributed by atoms with van der Waals surface area (Å²) in [6.45, 7) is 6.00. The number of aromatic nitrogens is 4. The molecule has 12 atom stereocenters. The van der Waals surface area contributed by atoms with E-state index in [0.29, 0.717) is 32.9 Å². The number of nitrogens with one attached hydrogen (secondary N) is 18. The number of carbonyl (C=O) groups is 14. The molecule has 0 radical (unpaired) electrons. The summed E-state index contributed by atoms with van der Waals surface area (Å²) in [5, 5.41) is 78.6. The molecule has 0 aliphatic carbocycles. The van der Waals surface area contributed by atoms with Gasteiger partial charge < -0.3 is 117 Å². The fraction of sp³-hybridized carbons (Fsp3) is 0.485. The van der Waals surface area contributed by atoms with Gasteiger partial charge in [0.15, 0.2) is 11.9 Å². The number of thiol groups is 2. The number of carboxylic acid groups (broad SMARTS) is 3. The van der Waals surface area contributed by atoms with Crippen LogP contribution in [0.4, 0.5) is 0 Å². The van der Waals surface area contributed by atoms with Crippen LogP contribution in [0.25, 0.3) is 21.8 Å². The normalized spacial score (nSPS) is 14.5. The first-order valence-corrected chi connectivity index (χ1v) is 36.2. The van der Waals surface area contributed by atoms with E-state index in [1.165, 1.54) is 26.4 Å². The second-order valence-corrected chi connectivity index (χ2v) is 26.9. The van der Waals surface area contributed by atoms with E-state index >= 15 is 0 Å². The zero-order valence-corrected chi connectivity index (χ0v) is 62.2. The van der Waals surface area contributed by atoms with Gasteiger partial charge in [-0.25, -0.2) is 9.78 Å². The Hall–Kier alpha value is -11.5. The van der Waals surface area contributed by atoms with Crippen LogP contribution in [0.1, 0.15) is 102 Å². The molecule has 0 unspecified atom stereocenters. The summed E-state index contributed by atoms with van der Waals surface area (Å²) in [7, 11) is 0. The average Bonchev–Trinajstić information content (AvgIpc) is 1.71. The van der Waals surface area contributed by atoms with Gasteiger partial charge in [0.2, 0.25) is 65.0 Å². The molecule has 109 heavy (non-hydrogen) atoms. The highest BCUT2D eigenvalue weighted by molar-refractivity contribution is 7.80. The first kappa shape index (κ1) is 88.1. The Bertz CT molecular complexity index is 4020. The van der Waals surface area contributed by atoms with Crippen molar-refractivity contribution in [2.24, 2.45) is 23.1 Å². The number of nitrogens with two attached hydrogens (primary N) is 3. The molecule has 0 saturated heterocycles. The Labute approximate surface area is 636 Å². The molecule has 3 heterocycles. The highest BCUT2D eigenvalue weighted by Crippen LogP contribution is 2.22. The van der Waals surface area contributed by atoms with Gasteiger partial charge in [-0.3, -0.25) is 73.1 Å². The van der Waals surface area contributed by atoms with Crippen molar-refractivity contribution in [2.75, 3.05) is 24.6 Å². The van der Waals surface area contributed by atoms with Crippen LogP contribution < -0.4 is 86.3 Å². The predicted octanol–water partition coefficient (Wildman–Crippen LogP) is -3.65. The molecule has 0 saturated carbocycles. The number of nitrogens with zero attached hydrogens (tertiary/aromatic N) is 1. The second kappa shape index (κ2) is 44.0. The number of hydrogen-bond donors (Lipinski definition) is 26. The summed E-state index contributed by atoms with van der Waals surface area (Å²) in [5.74, 6) is -16.3. The van der Waals surface area contributed by atoms with Crippen molar-refractivity contribution in [3.05, 3.63) is 90.3 Å². The number of benzene rings is 2. The summed E-state index contributed by atoms with van der Waals surface area (Å²) in [5.41, 5.74) is 19.4. The lowest BCUT2D eigenvalue weighted by atomic mass is 10.00. The van der Waals surface area contributed by atoms with Crippen LogP contribution in [0, 0.1) is 16.7 Å². The number of guanidine groups is 2. The Morgan fingerprint density at radius 3 is 1.21 bits per heavy atom. The Balaban J connectivity index is 1.45. The summed E-state index contributed by atoms with van der Waals surface area (Å²) in [6, 6.07) is -4.06. The van der Waals surface area contributed by atoms with Crippen LogP contribution in [0.5, 0.6) is 0 Å². The molecule has 0 aliphatic rings. The smallest absolute Gasteiger partial charge is 0.327 e. The van der Waals surface area contributed by atoms with Crippen LogP contribution in [-0.2, 0) is 86.4 Å². The van der Waals surface area contributed by atoms with Gasteiger partial charge in [-0.15, -0.1) is 0 Å². The summed E-state index contributed by atoms with van der Waals surface area (Å²) in [6.07, 6.45) is 2.12. The van der Waals surface area contributed by atoms with Crippen LogP contribution in [0.15, 0.2) is 73.4 Å². The lowest BCUT2D eigenvalue weighted by Crippen LogP contribution is -2.61. The molecule has 594 valence electrons. The molecule has 0 fully saturated rings. The molecule has 5 rings (SSSR count). The van der Waals surface area contributed by atoms with Crippen molar-refractivity contribution < 1.29 is 82.4 Å². The van der Waals surface area contributed by atoms with E-state index in [1.807, 2.05) is 0 Å². The number of H-pyrrole nitrogens is 3. The lowest BCUT2D eigenvalue weighted by Gasteiger charge is -2.28. The molecule has 0 aliphatic heterocycles. The maximum atomic E-state index is 14.9. The van der Waals surface area contributed by atoms with E-state index in [0.717, 1.165) is 0 Å². The number of carbonyl (C=O) groups excluding carboxylic acids is 11. The van der Waals surface area contributed by atoms with Gasteiger partial charge in [0.25, 0.3) is 0 Å². The third-order valence-electron chi connectivity index (χ3n) is 17.0. The van der Waals surface area contributed by atoms with Crippen LogP contribution >= 0.6 is 25.3 Å². The minimum absolute atomic E-state index is 0.00299. The molecule has 3 aromatic heterocycles. The van der Waals surface area contributed by atoms with Gasteiger partial charge in [-0.2, -0.15) is 25.3 Å². The molecule has 0 spiro atoms. The van der Waals surface area contributed by atoms with Crippen LogP contribution in [0.2, 0.25) is 0 Å². The second-order valence-electron chi connectivity index (χ2n) is 26.2. The number of imidazole rings is 1. The fourth-order valence-corrected chi connectivity index (χ4v) is 11.6. The first-order valence-electron chi connectivity index (χ1n) is 34.9. The van der Waals surface area contributed by atoms with E-state index in [2.05, 4.69) is 114 Å². The monoisotopic (exact) mass is 1560 g/mol. The molecule has 0 bridgehead atoms. The third kappa shape index (κ3) is 29.3. The molecule has 5 aromatic rings. The third-order valence-corrected chi connectivity index (χ3v) is 17.8. The SMILES string of the molecule is CC(C)C[C@H](NC(=O)[C@H](Cc1c[nH]c2ccccc12)NC(=O)[C@H](C)NC(=O)[C@H](Cc1c[nH]c2ccccc12)NC(=O)[C@H](CCC(=O)O)NC(=O)[C@H](CCCNC(=N)N)NC(=O)[C@H](Cc1cnc[nH]1)NC(=O)[C@H](CCCNC(=N)N)NC(=O)[C@H](C)NC(=O)[C@H](CCC(=O)O)NC(=O)[C@@H](N)CS)C(=O)N[C@@H](CS)C(=O)O. The molecule has 2 aromatic carbocycles. The van der Waals surface area contributed by atoms with E-state index in [-0.39, 0.29) is 87.6 Å². The Morgan fingerprint density at radius 2 is 0.807 bits per heavy atom. The number of rotatable bonds is 47. The van der Waals surface area contributed by atoms with Crippen molar-refractivity contribution in [1.29, 1.82) is 10.8 Å². The first-order chi connectivity index (χ1) is 51.7. The fourth-order valence-electron chi connectivity index (χ4n) is 11.2. The van der Waals surface area contributed by atoms with E-state index in [9.17, 15) is 82.4 Å². The lowest BCUT2D eigenvalue weighted by molar-refractivity contribution is -0.142. The Kier molecular flexibility index (Phi) is 35.6. The van der Waals surface area contributed by atoms with Crippen molar-refractivity contribution in [3.8, 4) is 0 Å². The van der Waals surface area contributed by atoms with Crippen LogP contribution in [0.3, 0.4) is 0 Å². The Morgan fingerprint density at radius 1 is 0.450 bits per heavy atom. The summed E-state index contributed by atoms with van der Waals surface area (Å²) < 4.78 is 0. The molecular weight excluding hydrogens is 1460 g/mol. The van der Waals surface area contributed by atoms with Gasteiger partial charge in [-0.1, -0.05) is 50.2 Å². The number of amides is 11. The molecule has 41 heteroatoms. The molecule has 27 N–H and O–H groups in total. The molecule has 11 amide bonds. The van der Waals surface area contributed by atoms with E-state index in [4.69, 9.17) is 28.0 Å². The number of fused-ring (bicyclic) bond motifs is 2. The number of aromatic amines is 3. The van der Waals surface area contributed by atoms with Gasteiger partial charge in [0, 0.05) is 103 Å². The number of para-hydroxylation sites is 2. The van der Waals surface area contributed by atoms with Gasteiger partial charge in [0.1, 0.15) is 66.5 Å². The quantitative estimate of drug-likeness (QED) is 0.00773. The van der Waals surface area contributed by atoms with E-state index < -0.39 is 193 Å². The van der Waals surface area contributed by atoms with Gasteiger partial charge in [-0.05, 0) is 88.0 Å². The number of hydrogen-bond acceptors (Lipinski definition) is 20. The average molecular weight is 1560 g/mol. The largest absolute Gasteiger partial charge is 0.481 e. The topological polar surface area (TPSA) is 642 Å². The van der Waals surface area contributed by atoms with Gasteiger partial charge in [0.05, 0.1) is 12.4 Å². The highest BCUT2D eigenvalue weighted by atomic mass is 32.1. The minimum atomic E-state index is -1.81. The van der Waals surface area contributed by atoms with Crippen molar-refractivity contribution >= 4 is 142 Å². The van der Waals surface area contributed by atoms with E-state index in [1.54, 1.807) is 74.8 Å². The van der Waals surface area contributed by atoms with Crippen LogP contribution in [-0.4, -0.2) is 227 Å². The highest BCUT2D eigenvalue weighted by Gasteiger charge is 2.37. The maximum Gasteiger partial charge on any atom is 0.327 e. The maximum absolute atomic E-state index is 14.9. The molecular formula is C68H98N22O17S2. The summed E-state index contributed by atoms with van der Waals surface area (Å²) >= 11 is 8.02. The summed E-state index contributed by atoms with van der Waals surface area (Å²) in [4.78, 5) is 205. The molecule has 39 nitrogen and oxygen atoms in total. The zero-order valence-electron chi connectivity index (χ0n) is 60.4. The minimum Gasteiger partial charge on any atom is -0.481 e. The standard InChI is InChI=1S/C68H98N22O17S2/c1-33(2)23-48(63(103)90-52(31-109)66(106)107)87-64(104)50(25-37-28-78-43-14-8-6-12-40(37)43)86-56(96)35(4)81-62(102)49(24-36-27-77-42-13-7-5-11-39(36)42)88-61(101)47(18-20-54(93)94)85-59(99)45(16-10-22-76-68(72)73)84-65(105)51(26-38-29-74-32-79-38)89-60(100)44(15-9-21-75-67(70)71)82-55(95)34(3)80-58(98)46(17-19-53(91)92)83-57(97)41(69)30-108/h5-8,11-14,27-29,32-35,41,44-52,77-78,108-109H,9-10,15-26,30-31,69H2,1-4H3,(H,74,79)(H,80,98)(H,81,102)(H,82,95)(H,83,97)(H,84,105)(H,85,99)(H,86,96)(H,87,104)(H,88,101)(H,89,100)(H,90,103)(H,91,92)(H,93,94)(H,106,107)(H4,70,71,75)(H4,72,73,76)/t34-,35-,41-,44-,45-,46-,47-,48-,49-,50-,51-,52-/m0/s1.